The van der Waals surface area contributed by atoms with E-state index in [0.29, 0.717) is 18.6 Å². The summed E-state index contributed by atoms with van der Waals surface area (Å²) in [6.07, 6.45) is 0.643. The van der Waals surface area contributed by atoms with E-state index in [1.807, 2.05) is 48.5 Å². The second kappa shape index (κ2) is 8.41. The molecule has 1 heterocycles. The second-order valence-corrected chi connectivity index (χ2v) is 11.3. The number of hydrogen-bond acceptors (Lipinski definition) is 3. The van der Waals surface area contributed by atoms with Gasteiger partial charge < -0.3 is 0 Å². The Morgan fingerprint density at radius 2 is 1.57 bits per heavy atom. The molecule has 2 unspecified atom stereocenters. The number of hydrogen-bond donors (Lipinski definition) is 1. The predicted molar refractivity (Wildman–Crippen MR) is 122 cm³/mol. The minimum atomic E-state index is -0.911. The van der Waals surface area contributed by atoms with Crippen molar-refractivity contribution in [1.82, 2.24) is 0 Å². The minimum absolute atomic E-state index is 0.170. The number of esters is 1. The monoisotopic (exact) mass is 462 g/mol. The Balaban J connectivity index is 1.60. The number of carbonyl (C=O) groups excluding carboxylic acids is 1. The van der Waals surface area contributed by atoms with Gasteiger partial charge in [-0.15, -0.1) is 0 Å². The molecule has 3 aromatic rings. The summed E-state index contributed by atoms with van der Waals surface area (Å²) in [7, 11) is 0. The number of carbonyl (C=O) groups is 1. The van der Waals surface area contributed by atoms with Crippen molar-refractivity contribution in [2.45, 2.75) is 43.1 Å². The molecule has 1 aliphatic heterocycles. The van der Waals surface area contributed by atoms with Gasteiger partial charge in [-0.05, 0) is 0 Å². The Labute approximate surface area is 184 Å². The number of benzene rings is 3. The number of cyclic esters (lactones) is 1. The van der Waals surface area contributed by atoms with Crippen LogP contribution in [0.1, 0.15) is 47.3 Å². The van der Waals surface area contributed by atoms with Crippen molar-refractivity contribution in [3.8, 4) is 0 Å². The molecule has 0 amide bonds. The van der Waals surface area contributed by atoms with Gasteiger partial charge in [0.25, 0.3) is 0 Å². The van der Waals surface area contributed by atoms with E-state index in [4.69, 9.17) is 4.74 Å². The molecule has 1 aliphatic rings. The zero-order chi connectivity index (χ0) is 21.2. The molecule has 3 aromatic carbocycles. The summed E-state index contributed by atoms with van der Waals surface area (Å²) in [6, 6.07) is 26.4. The third-order valence-electron chi connectivity index (χ3n) is 5.87. The fraction of sp³-hybridized carbons (Fsp3) is 0.269. The maximum atomic E-state index is 11.9. The molecule has 0 aromatic heterocycles. The van der Waals surface area contributed by atoms with Crippen molar-refractivity contribution in [2.24, 2.45) is 0 Å². The van der Waals surface area contributed by atoms with Gasteiger partial charge in [0.05, 0.1) is 0 Å². The van der Waals surface area contributed by atoms with Crippen molar-refractivity contribution >= 4 is 26.1 Å². The van der Waals surface area contributed by atoms with Crippen LogP contribution in [0.25, 0.3) is 0 Å². The van der Waals surface area contributed by atoms with Gasteiger partial charge in [0.15, 0.2) is 0 Å². The second-order valence-electron chi connectivity index (χ2n) is 8.63. The van der Waals surface area contributed by atoms with Crippen LogP contribution in [0.3, 0.4) is 0 Å². The van der Waals surface area contributed by atoms with Gasteiger partial charge in [0.1, 0.15) is 0 Å². The van der Waals surface area contributed by atoms with Crippen LogP contribution in [0, 0.1) is 0 Å². The third kappa shape index (κ3) is 4.38. The van der Waals surface area contributed by atoms with Crippen molar-refractivity contribution in [1.29, 1.82) is 0 Å². The van der Waals surface area contributed by atoms with E-state index in [-0.39, 0.29) is 11.4 Å². The Morgan fingerprint density at radius 3 is 2.23 bits per heavy atom. The fourth-order valence-corrected chi connectivity index (χ4v) is 6.96. The molecule has 0 spiro atoms. The molecule has 0 saturated carbocycles. The summed E-state index contributed by atoms with van der Waals surface area (Å²) in [4.78, 5) is 11.7. The quantitative estimate of drug-likeness (QED) is 0.425. The third-order valence-corrected chi connectivity index (χ3v) is 8.98. The van der Waals surface area contributed by atoms with E-state index in [1.165, 1.54) is 9.91 Å². The predicted octanol–water partition coefficient (Wildman–Crippen LogP) is 4.09. The first-order chi connectivity index (χ1) is 14.4. The summed E-state index contributed by atoms with van der Waals surface area (Å²) < 4.78 is 6.37. The number of fused-ring (bicyclic) bond motifs is 1. The van der Waals surface area contributed by atoms with Gasteiger partial charge in [-0.25, -0.2) is 0 Å². The molecular weight excluding hydrogens is 435 g/mol. The van der Waals surface area contributed by atoms with Crippen LogP contribution in [0.15, 0.2) is 78.9 Å². The normalized spacial score (nSPS) is 15.8. The first-order valence-corrected chi connectivity index (χ1v) is 12.8. The topological polar surface area (TPSA) is 46.5 Å². The summed E-state index contributed by atoms with van der Waals surface area (Å²) in [5.41, 5.74) is 2.76. The number of ether oxygens (including phenoxy) is 1. The summed E-state index contributed by atoms with van der Waals surface area (Å²) in [5.74, 6) is -0.234. The van der Waals surface area contributed by atoms with Crippen LogP contribution in [-0.4, -0.2) is 26.8 Å². The fourth-order valence-electron chi connectivity index (χ4n) is 4.23. The van der Waals surface area contributed by atoms with Crippen molar-refractivity contribution in [3.63, 3.8) is 0 Å². The van der Waals surface area contributed by atoms with E-state index < -0.39 is 21.4 Å². The van der Waals surface area contributed by atoms with Crippen molar-refractivity contribution in [2.75, 3.05) is 0 Å². The Hall–Kier alpha value is -2.35. The molecule has 0 fully saturated rings. The average molecular weight is 462 g/mol. The zero-order valence-corrected chi connectivity index (χ0v) is 19.5. The SMILES string of the molecule is CC(C)(CC(O)(C[AsH]c1ccc2c(c1)COC2=O)c1ccccc1)c1ccccc1. The molecule has 0 saturated heterocycles. The van der Waals surface area contributed by atoms with Crippen LogP contribution in [0.2, 0.25) is 5.21 Å². The average Bonchev–Trinajstić information content (AvgIpc) is 3.13. The first kappa shape index (κ1) is 20.9. The Morgan fingerprint density at radius 1 is 0.933 bits per heavy atom. The Bertz CT molecular complexity index is 1030. The van der Waals surface area contributed by atoms with Gasteiger partial charge in [-0.3, -0.25) is 0 Å². The van der Waals surface area contributed by atoms with E-state index in [2.05, 4.69) is 44.2 Å². The zero-order valence-electron chi connectivity index (χ0n) is 17.4. The molecule has 3 nitrogen and oxygen atoms in total. The van der Waals surface area contributed by atoms with Crippen LogP contribution in [0.4, 0.5) is 0 Å². The van der Waals surface area contributed by atoms with Gasteiger partial charge in [0.2, 0.25) is 0 Å². The number of aliphatic hydroxyl groups is 1. The van der Waals surface area contributed by atoms with Crippen LogP contribution in [0.5, 0.6) is 0 Å². The van der Waals surface area contributed by atoms with Crippen LogP contribution in [-0.2, 0) is 22.4 Å². The molecule has 4 heteroatoms. The summed E-state index contributed by atoms with van der Waals surface area (Å²) in [5, 5.41) is 12.7. The van der Waals surface area contributed by atoms with E-state index in [9.17, 15) is 9.90 Å². The van der Waals surface area contributed by atoms with Crippen LogP contribution >= 0.6 is 0 Å². The summed E-state index contributed by atoms with van der Waals surface area (Å²) in [6.45, 7) is 4.77. The molecule has 30 heavy (non-hydrogen) atoms. The van der Waals surface area contributed by atoms with E-state index in [1.54, 1.807) is 0 Å². The Kier molecular flexibility index (Phi) is 5.86. The molecule has 0 aliphatic carbocycles. The molecule has 154 valence electrons. The molecule has 1 N–H and O–H groups in total. The molecular formula is C26H27AsO3. The standard InChI is InChI=1S/C26H27AsO3/c1-25(2,20-9-5-3-6-10-20)17-26(29,21-11-7-4-8-12-21)18-27-22-13-14-23-19(15-22)16-30-24(23)28/h3-15,27,29H,16-18H2,1-2H3. The van der Waals surface area contributed by atoms with Gasteiger partial charge >= 0.3 is 185 Å². The van der Waals surface area contributed by atoms with E-state index in [0.717, 1.165) is 16.3 Å². The maximum absolute atomic E-state index is 11.9. The van der Waals surface area contributed by atoms with Gasteiger partial charge in [-0.2, -0.15) is 0 Å². The summed E-state index contributed by atoms with van der Waals surface area (Å²) >= 11 is -0.613. The van der Waals surface area contributed by atoms with Crippen LogP contribution < -0.4 is 4.35 Å². The van der Waals surface area contributed by atoms with Crippen molar-refractivity contribution < 1.29 is 14.6 Å². The molecule has 0 bridgehead atoms. The number of rotatable bonds is 7. The van der Waals surface area contributed by atoms with Gasteiger partial charge in [-0.1, -0.05) is 0 Å². The molecule has 0 radical (unpaired) electrons. The first-order valence-electron chi connectivity index (χ1n) is 10.2. The molecule has 2 atom stereocenters. The van der Waals surface area contributed by atoms with Crippen molar-refractivity contribution in [3.05, 3.63) is 101 Å². The van der Waals surface area contributed by atoms with Gasteiger partial charge in [0, 0.05) is 0 Å². The molecule has 4 rings (SSSR count). The van der Waals surface area contributed by atoms with E-state index >= 15 is 0 Å².